The van der Waals surface area contributed by atoms with Crippen LogP contribution >= 0.6 is 11.6 Å². The Hall–Kier alpha value is -2.53. The van der Waals surface area contributed by atoms with Crippen molar-refractivity contribution in [2.75, 3.05) is 16.8 Å². The van der Waals surface area contributed by atoms with E-state index in [-0.39, 0.29) is 24.0 Å². The number of nitrogens with zero attached hydrogens (tertiary/aromatic N) is 1. The zero-order valence-corrected chi connectivity index (χ0v) is 13.0. The minimum absolute atomic E-state index is 0.0990. The molecule has 2 aromatic rings. The van der Waals surface area contributed by atoms with Crippen molar-refractivity contribution in [3.63, 3.8) is 0 Å². The molecule has 1 fully saturated rings. The first-order valence-corrected chi connectivity index (χ1v) is 7.56. The van der Waals surface area contributed by atoms with Gasteiger partial charge in [-0.25, -0.2) is 0 Å². The van der Waals surface area contributed by atoms with Gasteiger partial charge in [0.05, 0.1) is 5.92 Å². The number of hydrogen-bond acceptors (Lipinski definition) is 3. The topological polar surface area (TPSA) is 69.6 Å². The first kappa shape index (κ1) is 15.4. The lowest BCUT2D eigenvalue weighted by atomic mass is 10.1. The van der Waals surface area contributed by atoms with E-state index >= 15 is 0 Å². The normalized spacial score (nSPS) is 17.3. The maximum Gasteiger partial charge on any atom is 0.229 e. The number of carbonyl (C=O) groups is 2. The molecule has 0 aromatic heterocycles. The highest BCUT2D eigenvalue weighted by Gasteiger charge is 2.35. The lowest BCUT2D eigenvalue weighted by molar-refractivity contribution is -0.122. The van der Waals surface area contributed by atoms with E-state index in [0.29, 0.717) is 22.9 Å². The molecular formula is C17H15ClN2O3. The SMILES string of the molecule is O=C(Nc1ccc(O)cc1)C1CC(=O)N(c2cccc(Cl)c2)C1. The molecule has 2 amide bonds. The van der Waals surface area contributed by atoms with Crippen molar-refractivity contribution in [2.24, 2.45) is 5.92 Å². The summed E-state index contributed by atoms with van der Waals surface area (Å²) in [6.07, 6.45) is 0.163. The average molecular weight is 331 g/mol. The predicted molar refractivity (Wildman–Crippen MR) is 88.6 cm³/mol. The summed E-state index contributed by atoms with van der Waals surface area (Å²) in [6, 6.07) is 13.2. The summed E-state index contributed by atoms with van der Waals surface area (Å²) in [5, 5.41) is 12.6. The summed E-state index contributed by atoms with van der Waals surface area (Å²) in [5.74, 6) is -0.604. The molecule has 2 aromatic carbocycles. The lowest BCUT2D eigenvalue weighted by Crippen LogP contribution is -2.28. The number of benzene rings is 2. The molecule has 1 aliphatic rings. The Balaban J connectivity index is 1.69. The summed E-state index contributed by atoms with van der Waals surface area (Å²) < 4.78 is 0. The number of aromatic hydroxyl groups is 1. The Labute approximate surface area is 138 Å². The van der Waals surface area contributed by atoms with Crippen LogP contribution in [0.25, 0.3) is 0 Å². The first-order valence-electron chi connectivity index (χ1n) is 7.19. The van der Waals surface area contributed by atoms with Crippen molar-refractivity contribution >= 4 is 34.8 Å². The van der Waals surface area contributed by atoms with Gasteiger partial charge >= 0.3 is 0 Å². The third-order valence-corrected chi connectivity index (χ3v) is 3.99. The number of phenolic OH excluding ortho intramolecular Hbond substituents is 1. The van der Waals surface area contributed by atoms with E-state index in [9.17, 15) is 14.7 Å². The van der Waals surface area contributed by atoms with E-state index in [1.807, 2.05) is 0 Å². The molecule has 1 unspecified atom stereocenters. The molecule has 1 atom stereocenters. The number of hydrogen-bond donors (Lipinski definition) is 2. The van der Waals surface area contributed by atoms with Gasteiger partial charge in [-0.3, -0.25) is 9.59 Å². The summed E-state index contributed by atoms with van der Waals surface area (Å²) >= 11 is 5.95. The van der Waals surface area contributed by atoms with E-state index in [0.717, 1.165) is 0 Å². The first-order chi connectivity index (χ1) is 11.0. The summed E-state index contributed by atoms with van der Waals surface area (Å²) in [4.78, 5) is 26.1. The quantitative estimate of drug-likeness (QED) is 0.850. The van der Waals surface area contributed by atoms with Crippen molar-refractivity contribution < 1.29 is 14.7 Å². The zero-order chi connectivity index (χ0) is 16.4. The van der Waals surface area contributed by atoms with Gasteiger partial charge in [-0.15, -0.1) is 0 Å². The molecular weight excluding hydrogens is 316 g/mol. The molecule has 0 radical (unpaired) electrons. The maximum absolute atomic E-state index is 12.3. The van der Waals surface area contributed by atoms with Crippen LogP contribution < -0.4 is 10.2 Å². The Morgan fingerprint density at radius 2 is 1.96 bits per heavy atom. The van der Waals surface area contributed by atoms with Crippen LogP contribution in [0.3, 0.4) is 0 Å². The van der Waals surface area contributed by atoms with Gasteiger partial charge in [-0.2, -0.15) is 0 Å². The third-order valence-electron chi connectivity index (χ3n) is 3.75. The van der Waals surface area contributed by atoms with Crippen molar-refractivity contribution in [3.05, 3.63) is 53.6 Å². The monoisotopic (exact) mass is 330 g/mol. The van der Waals surface area contributed by atoms with Crippen LogP contribution in [0.1, 0.15) is 6.42 Å². The van der Waals surface area contributed by atoms with Gasteiger partial charge < -0.3 is 15.3 Å². The Morgan fingerprint density at radius 3 is 2.65 bits per heavy atom. The number of rotatable bonds is 3. The molecule has 23 heavy (non-hydrogen) atoms. The zero-order valence-electron chi connectivity index (χ0n) is 12.2. The van der Waals surface area contributed by atoms with Crippen LogP contribution in [-0.2, 0) is 9.59 Å². The van der Waals surface area contributed by atoms with Crippen LogP contribution in [0.5, 0.6) is 5.75 Å². The van der Waals surface area contributed by atoms with Gasteiger partial charge in [0.25, 0.3) is 0 Å². The molecule has 0 saturated carbocycles. The van der Waals surface area contributed by atoms with Crippen molar-refractivity contribution in [1.29, 1.82) is 0 Å². The molecule has 6 heteroatoms. The van der Waals surface area contributed by atoms with E-state index in [2.05, 4.69) is 5.32 Å². The highest BCUT2D eigenvalue weighted by molar-refractivity contribution is 6.31. The highest BCUT2D eigenvalue weighted by Crippen LogP contribution is 2.28. The van der Waals surface area contributed by atoms with Gasteiger partial charge in [0.15, 0.2) is 0 Å². The van der Waals surface area contributed by atoms with Crippen LogP contribution in [-0.4, -0.2) is 23.5 Å². The molecule has 1 saturated heterocycles. The summed E-state index contributed by atoms with van der Waals surface area (Å²) in [5.41, 5.74) is 1.28. The minimum Gasteiger partial charge on any atom is -0.508 e. The molecule has 1 aliphatic heterocycles. The van der Waals surface area contributed by atoms with E-state index in [4.69, 9.17) is 11.6 Å². The molecule has 5 nitrogen and oxygen atoms in total. The summed E-state index contributed by atoms with van der Waals surface area (Å²) in [6.45, 7) is 0.323. The van der Waals surface area contributed by atoms with E-state index in [1.165, 1.54) is 12.1 Å². The molecule has 118 valence electrons. The predicted octanol–water partition coefficient (Wildman–Crippen LogP) is 3.04. The van der Waals surface area contributed by atoms with Gasteiger partial charge in [0.1, 0.15) is 5.75 Å². The fourth-order valence-electron chi connectivity index (χ4n) is 2.57. The summed E-state index contributed by atoms with van der Waals surface area (Å²) in [7, 11) is 0. The largest absolute Gasteiger partial charge is 0.508 e. The number of nitrogens with one attached hydrogen (secondary N) is 1. The van der Waals surface area contributed by atoms with Crippen LogP contribution in [0.4, 0.5) is 11.4 Å². The van der Waals surface area contributed by atoms with Gasteiger partial charge in [-0.1, -0.05) is 17.7 Å². The number of carbonyl (C=O) groups excluding carboxylic acids is 2. The maximum atomic E-state index is 12.3. The smallest absolute Gasteiger partial charge is 0.229 e. The molecule has 3 rings (SSSR count). The van der Waals surface area contributed by atoms with Crippen LogP contribution in [0.2, 0.25) is 5.02 Å². The lowest BCUT2D eigenvalue weighted by Gasteiger charge is -2.17. The van der Waals surface area contributed by atoms with E-state index < -0.39 is 5.92 Å². The molecule has 1 heterocycles. The van der Waals surface area contributed by atoms with Crippen LogP contribution in [0, 0.1) is 5.92 Å². The van der Waals surface area contributed by atoms with Crippen molar-refractivity contribution in [3.8, 4) is 5.75 Å². The van der Waals surface area contributed by atoms with Crippen molar-refractivity contribution in [1.82, 2.24) is 0 Å². The highest BCUT2D eigenvalue weighted by atomic mass is 35.5. The minimum atomic E-state index is -0.421. The number of amides is 2. The molecule has 0 bridgehead atoms. The molecule has 0 aliphatic carbocycles. The van der Waals surface area contributed by atoms with E-state index in [1.54, 1.807) is 41.3 Å². The third kappa shape index (κ3) is 3.46. The average Bonchev–Trinajstić information content (AvgIpc) is 2.92. The Bertz CT molecular complexity index is 746. The second-order valence-corrected chi connectivity index (χ2v) is 5.86. The second kappa shape index (κ2) is 6.30. The van der Waals surface area contributed by atoms with Gasteiger partial charge in [-0.05, 0) is 42.5 Å². The van der Waals surface area contributed by atoms with Gasteiger partial charge in [0, 0.05) is 29.4 Å². The standard InChI is InChI=1S/C17H15ClN2O3/c18-12-2-1-3-14(9-12)20-10-11(8-16(20)22)17(23)19-13-4-6-15(21)7-5-13/h1-7,9,11,21H,8,10H2,(H,19,23). The van der Waals surface area contributed by atoms with Gasteiger partial charge in [0.2, 0.25) is 11.8 Å². The number of phenols is 1. The fraction of sp³-hybridized carbons (Fsp3) is 0.176. The number of halogens is 1. The van der Waals surface area contributed by atoms with Crippen LogP contribution in [0.15, 0.2) is 48.5 Å². The molecule has 2 N–H and O–H groups in total. The Morgan fingerprint density at radius 1 is 1.22 bits per heavy atom. The fourth-order valence-corrected chi connectivity index (χ4v) is 2.75. The second-order valence-electron chi connectivity index (χ2n) is 5.42. The Kier molecular flexibility index (Phi) is 4.21. The number of anilines is 2. The van der Waals surface area contributed by atoms with Crippen molar-refractivity contribution in [2.45, 2.75) is 6.42 Å². The molecule has 0 spiro atoms.